The van der Waals surface area contributed by atoms with Crippen molar-refractivity contribution in [2.75, 3.05) is 13.2 Å². The van der Waals surface area contributed by atoms with E-state index in [0.717, 1.165) is 45.8 Å². The number of nitrogens with zero attached hydrogens (tertiary/aromatic N) is 1. The maximum atomic E-state index is 12.1. The molecular weight excluding hydrogens is 477 g/mol. The van der Waals surface area contributed by atoms with Crippen molar-refractivity contribution >= 4 is 17.1 Å². The first kappa shape index (κ1) is 33.8. The molecule has 0 atom stereocenters. The minimum Gasteiger partial charge on any atom is -0.396 e. The van der Waals surface area contributed by atoms with Crippen LogP contribution in [-0.2, 0) is 17.4 Å². The fourth-order valence-corrected chi connectivity index (χ4v) is 2.92. The van der Waals surface area contributed by atoms with Gasteiger partial charge in [-0.3, -0.25) is 9.79 Å². The molecule has 0 aliphatic rings. The zero-order valence-electron chi connectivity index (χ0n) is 23.1. The molecule has 37 heavy (non-hydrogen) atoms. The maximum absolute atomic E-state index is 12.1. The Balaban J connectivity index is 0.000000775. The number of nitrogens with one attached hydrogen (secondary N) is 1. The number of ketones is 1. The molecule has 4 nitrogen and oxygen atoms in total. The van der Waals surface area contributed by atoms with Gasteiger partial charge in [0.1, 0.15) is 5.78 Å². The van der Waals surface area contributed by atoms with Gasteiger partial charge >= 0.3 is 6.18 Å². The standard InChI is InChI=1S/C19H26N2O2.C9H9F3.C2H6/c1-14(13-21-17(4)16(3)20-9-6-10-22)19-8-5-7-18(12-19)11-15(2)23;1-6-3-4-8(5-7(6)2)9(10,11)12;1-2/h5,7-8,12-13,20,22H,3,6,9-11H2,1-2,4H3;3-5H,1-2H3;1-2H3/b14-13+,21-17?;;. The molecule has 0 amide bonds. The number of benzene rings is 2. The number of aliphatic hydroxyl groups is 1. The van der Waals surface area contributed by atoms with E-state index in [-0.39, 0.29) is 12.4 Å². The molecule has 0 spiro atoms. The number of Topliss-reactive ketones (excluding diaryl/α,β-unsaturated/α-hetero) is 1. The van der Waals surface area contributed by atoms with Crippen LogP contribution >= 0.6 is 0 Å². The number of carbonyl (C=O) groups excluding carboxylic acids is 1. The second-order valence-electron chi connectivity index (χ2n) is 8.39. The highest BCUT2D eigenvalue weighted by molar-refractivity contribution is 5.97. The molecular formula is C30H41F3N2O2. The molecule has 0 aliphatic heterocycles. The zero-order chi connectivity index (χ0) is 28.6. The van der Waals surface area contributed by atoms with E-state index in [0.29, 0.717) is 24.9 Å². The van der Waals surface area contributed by atoms with Crippen LogP contribution in [0.1, 0.15) is 68.9 Å². The number of alkyl halides is 3. The minimum atomic E-state index is -4.22. The van der Waals surface area contributed by atoms with Gasteiger partial charge in [0, 0.05) is 31.5 Å². The minimum absolute atomic E-state index is 0.155. The lowest BCUT2D eigenvalue weighted by Crippen LogP contribution is -2.19. The molecule has 7 heteroatoms. The Morgan fingerprint density at radius 3 is 2.24 bits per heavy atom. The largest absolute Gasteiger partial charge is 0.416 e. The molecule has 0 unspecified atom stereocenters. The van der Waals surface area contributed by atoms with Crippen LogP contribution in [0.15, 0.2) is 65.9 Å². The lowest BCUT2D eigenvalue weighted by Gasteiger charge is -2.08. The molecule has 0 fully saturated rings. The molecule has 2 aromatic carbocycles. The molecule has 0 heterocycles. The topological polar surface area (TPSA) is 61.7 Å². The van der Waals surface area contributed by atoms with Gasteiger partial charge in [0.05, 0.1) is 11.3 Å². The second kappa shape index (κ2) is 17.3. The molecule has 204 valence electrons. The van der Waals surface area contributed by atoms with Gasteiger partial charge in [-0.1, -0.05) is 50.8 Å². The van der Waals surface area contributed by atoms with Crippen LogP contribution in [-0.4, -0.2) is 29.8 Å². The van der Waals surface area contributed by atoms with E-state index in [2.05, 4.69) is 16.9 Å². The lowest BCUT2D eigenvalue weighted by atomic mass is 10.0. The van der Waals surface area contributed by atoms with E-state index >= 15 is 0 Å². The first-order chi connectivity index (χ1) is 17.3. The summed E-state index contributed by atoms with van der Waals surface area (Å²) in [6.07, 6.45) is -1.28. The summed E-state index contributed by atoms with van der Waals surface area (Å²) in [7, 11) is 0. The van der Waals surface area contributed by atoms with Crippen LogP contribution in [0.4, 0.5) is 13.2 Å². The molecule has 0 aliphatic carbocycles. The molecule has 0 saturated carbocycles. The summed E-state index contributed by atoms with van der Waals surface area (Å²) in [6, 6.07) is 11.7. The van der Waals surface area contributed by atoms with Crippen LogP contribution in [0.2, 0.25) is 0 Å². The van der Waals surface area contributed by atoms with Gasteiger partial charge in [-0.15, -0.1) is 0 Å². The van der Waals surface area contributed by atoms with Crippen molar-refractivity contribution in [1.82, 2.24) is 5.32 Å². The monoisotopic (exact) mass is 518 g/mol. The van der Waals surface area contributed by atoms with Crippen LogP contribution in [0.3, 0.4) is 0 Å². The number of carbonyl (C=O) groups is 1. The SMILES string of the molecule is C=C(NCCCO)C(C)=N/C=C(\C)c1cccc(CC(C)=O)c1.CC.Cc1ccc(C(F)(F)F)cc1C. The average Bonchev–Trinajstić information content (AvgIpc) is 2.84. The predicted molar refractivity (Wildman–Crippen MR) is 149 cm³/mol. The van der Waals surface area contributed by atoms with E-state index in [1.165, 1.54) is 6.07 Å². The van der Waals surface area contributed by atoms with Crippen LogP contribution < -0.4 is 5.32 Å². The summed E-state index contributed by atoms with van der Waals surface area (Å²) in [5.74, 6) is 0.155. The normalized spacial score (nSPS) is 11.5. The summed E-state index contributed by atoms with van der Waals surface area (Å²) in [5, 5.41) is 11.9. The summed E-state index contributed by atoms with van der Waals surface area (Å²) < 4.78 is 36.3. The van der Waals surface area contributed by atoms with Gasteiger partial charge in [-0.05, 0) is 81.0 Å². The first-order valence-electron chi connectivity index (χ1n) is 12.3. The molecule has 0 bridgehead atoms. The highest BCUT2D eigenvalue weighted by Gasteiger charge is 2.30. The quantitative estimate of drug-likeness (QED) is 0.267. The summed E-state index contributed by atoms with van der Waals surface area (Å²) in [4.78, 5) is 15.7. The number of halogens is 3. The summed E-state index contributed by atoms with van der Waals surface area (Å²) >= 11 is 0. The van der Waals surface area contributed by atoms with E-state index in [1.54, 1.807) is 27.0 Å². The number of aliphatic imine (C=N–C) groups is 1. The lowest BCUT2D eigenvalue weighted by molar-refractivity contribution is -0.137. The number of allylic oxidation sites excluding steroid dienone is 2. The Hall–Kier alpha value is -3.19. The van der Waals surface area contributed by atoms with Gasteiger partial charge < -0.3 is 10.4 Å². The Labute approximate surface area is 220 Å². The van der Waals surface area contributed by atoms with Crippen LogP contribution in [0.25, 0.3) is 5.57 Å². The van der Waals surface area contributed by atoms with Gasteiger partial charge in [0.25, 0.3) is 0 Å². The Kier molecular flexibility index (Phi) is 15.8. The van der Waals surface area contributed by atoms with Crippen LogP contribution in [0.5, 0.6) is 0 Å². The van der Waals surface area contributed by atoms with Crippen LogP contribution in [0, 0.1) is 13.8 Å². The summed E-state index contributed by atoms with van der Waals surface area (Å²) in [5.41, 5.74) is 5.63. The molecule has 0 saturated heterocycles. The van der Waals surface area contributed by atoms with Gasteiger partial charge in [0.15, 0.2) is 0 Å². The molecule has 0 aromatic heterocycles. The predicted octanol–water partition coefficient (Wildman–Crippen LogP) is 7.47. The number of hydrogen-bond donors (Lipinski definition) is 2. The van der Waals surface area contributed by atoms with Crippen molar-refractivity contribution in [1.29, 1.82) is 0 Å². The van der Waals surface area contributed by atoms with E-state index in [9.17, 15) is 18.0 Å². The van der Waals surface area contributed by atoms with Gasteiger partial charge in [-0.2, -0.15) is 13.2 Å². The first-order valence-corrected chi connectivity index (χ1v) is 12.3. The molecule has 2 N–H and O–H groups in total. The third kappa shape index (κ3) is 13.6. The number of rotatable bonds is 9. The van der Waals surface area contributed by atoms with Gasteiger partial charge in [0.2, 0.25) is 0 Å². The van der Waals surface area contributed by atoms with Crippen molar-refractivity contribution in [2.24, 2.45) is 4.99 Å². The highest BCUT2D eigenvalue weighted by Crippen LogP contribution is 2.30. The fourth-order valence-electron chi connectivity index (χ4n) is 2.92. The fraction of sp³-hybridized carbons (Fsp3) is 0.400. The van der Waals surface area contributed by atoms with E-state index in [1.807, 2.05) is 52.0 Å². The third-order valence-electron chi connectivity index (χ3n) is 5.23. The van der Waals surface area contributed by atoms with Crippen molar-refractivity contribution in [3.05, 3.63) is 88.8 Å². The third-order valence-corrected chi connectivity index (χ3v) is 5.23. The van der Waals surface area contributed by atoms with Crippen molar-refractivity contribution in [2.45, 2.75) is 67.5 Å². The van der Waals surface area contributed by atoms with Crippen molar-refractivity contribution in [3.63, 3.8) is 0 Å². The van der Waals surface area contributed by atoms with Crippen molar-refractivity contribution in [3.8, 4) is 0 Å². The Bertz CT molecular complexity index is 1070. The maximum Gasteiger partial charge on any atom is 0.416 e. The van der Waals surface area contributed by atoms with Crippen molar-refractivity contribution < 1.29 is 23.1 Å². The number of hydrogen-bond acceptors (Lipinski definition) is 4. The van der Waals surface area contributed by atoms with E-state index in [4.69, 9.17) is 5.11 Å². The van der Waals surface area contributed by atoms with Gasteiger partial charge in [-0.25, -0.2) is 0 Å². The average molecular weight is 519 g/mol. The summed E-state index contributed by atoms with van der Waals surface area (Å²) in [6.45, 7) is 17.7. The second-order valence-corrected chi connectivity index (χ2v) is 8.39. The Morgan fingerprint density at radius 1 is 1.05 bits per heavy atom. The molecule has 0 radical (unpaired) electrons. The number of aliphatic hydroxyl groups excluding tert-OH is 1. The Morgan fingerprint density at radius 2 is 1.70 bits per heavy atom. The zero-order valence-corrected chi connectivity index (χ0v) is 23.1. The highest BCUT2D eigenvalue weighted by atomic mass is 19.4. The molecule has 2 aromatic rings. The number of aryl methyl sites for hydroxylation is 2. The molecule has 2 rings (SSSR count). The van der Waals surface area contributed by atoms with E-state index < -0.39 is 11.7 Å². The smallest absolute Gasteiger partial charge is 0.396 e.